The van der Waals surface area contributed by atoms with Crippen molar-refractivity contribution in [3.8, 4) is 5.75 Å². The quantitative estimate of drug-likeness (QED) is 0.590. The average molecular weight is 435 g/mol. The van der Waals surface area contributed by atoms with Crippen LogP contribution in [-0.2, 0) is 16.4 Å². The zero-order valence-corrected chi connectivity index (χ0v) is 17.8. The summed E-state index contributed by atoms with van der Waals surface area (Å²) >= 11 is 0. The third-order valence-electron chi connectivity index (χ3n) is 5.13. The number of rotatable bonds is 6. The minimum absolute atomic E-state index is 0.216. The summed E-state index contributed by atoms with van der Waals surface area (Å²) in [7, 11) is -2.30. The zero-order valence-electron chi connectivity index (χ0n) is 17.0. The van der Waals surface area contributed by atoms with Gasteiger partial charge >= 0.3 is 0 Å². The van der Waals surface area contributed by atoms with E-state index in [2.05, 4.69) is 10.0 Å². The van der Waals surface area contributed by atoms with Crippen molar-refractivity contribution in [2.24, 2.45) is 0 Å². The van der Waals surface area contributed by atoms with Gasteiger partial charge in [0.2, 0.25) is 0 Å². The summed E-state index contributed by atoms with van der Waals surface area (Å²) in [5.74, 6) is 0.0747. The Bertz CT molecular complexity index is 1270. The normalized spacial score (nSPS) is 13.0. The van der Waals surface area contributed by atoms with Crippen LogP contribution in [0.3, 0.4) is 0 Å². The summed E-state index contributed by atoms with van der Waals surface area (Å²) in [5.41, 5.74) is 2.96. The fourth-order valence-corrected chi connectivity index (χ4v) is 4.79. The lowest BCUT2D eigenvalue weighted by atomic mass is 9.98. The molecule has 3 aromatic rings. The number of allylic oxidation sites excluding steroid dienone is 1. The number of fused-ring (bicyclic) bond motifs is 1. The molecule has 1 amide bonds. The zero-order chi connectivity index (χ0) is 21.8. The van der Waals surface area contributed by atoms with Crippen molar-refractivity contribution in [3.63, 3.8) is 0 Å². The molecule has 6 nitrogen and oxygen atoms in total. The molecular weight excluding hydrogens is 412 g/mol. The highest BCUT2D eigenvalue weighted by atomic mass is 32.2. The highest BCUT2D eigenvalue weighted by molar-refractivity contribution is 7.96. The van der Waals surface area contributed by atoms with Crippen LogP contribution in [0.2, 0.25) is 0 Å². The van der Waals surface area contributed by atoms with Crippen molar-refractivity contribution < 1.29 is 17.9 Å². The highest BCUT2D eigenvalue weighted by Crippen LogP contribution is 2.30. The van der Waals surface area contributed by atoms with Crippen LogP contribution >= 0.6 is 0 Å². The summed E-state index contributed by atoms with van der Waals surface area (Å²) in [5, 5.41) is 2.78. The molecule has 0 aliphatic heterocycles. The number of amides is 1. The predicted octanol–water partition coefficient (Wildman–Crippen LogP) is 4.68. The average Bonchev–Trinajstić information content (AvgIpc) is 2.79. The third kappa shape index (κ3) is 4.46. The Balaban J connectivity index is 1.60. The monoisotopic (exact) mass is 434 g/mol. The first-order valence-electron chi connectivity index (χ1n) is 9.82. The van der Waals surface area contributed by atoms with E-state index in [9.17, 15) is 13.2 Å². The van der Waals surface area contributed by atoms with Crippen LogP contribution in [0.15, 0.2) is 77.7 Å². The van der Waals surface area contributed by atoms with E-state index in [1.165, 1.54) is 7.11 Å². The predicted molar refractivity (Wildman–Crippen MR) is 123 cm³/mol. The number of carbonyl (C=O) groups is 1. The van der Waals surface area contributed by atoms with Crippen LogP contribution < -0.4 is 14.8 Å². The standard InChI is InChI=1S/C24H22N2O4S/c1-30-23-13-7-6-12-22(23)25-24(27)20-10-4-5-11-21(20)26-31(28,29)19-15-14-17-8-2-3-9-18(17)16-19/h2-13,16,26H,14-15H2,1H3,(H,25,27). The van der Waals surface area contributed by atoms with Crippen LogP contribution in [0.4, 0.5) is 11.4 Å². The molecular formula is C24H22N2O4S. The van der Waals surface area contributed by atoms with E-state index in [0.29, 0.717) is 29.2 Å². The number of para-hydroxylation sites is 3. The molecule has 0 atom stereocenters. The van der Waals surface area contributed by atoms with Gasteiger partial charge in [-0.1, -0.05) is 48.5 Å². The number of carbonyl (C=O) groups excluding carboxylic acids is 1. The van der Waals surface area contributed by atoms with Crippen LogP contribution in [0.1, 0.15) is 27.9 Å². The molecule has 0 saturated carbocycles. The highest BCUT2D eigenvalue weighted by Gasteiger charge is 2.24. The number of ether oxygens (including phenoxy) is 1. The second-order valence-electron chi connectivity index (χ2n) is 7.11. The largest absolute Gasteiger partial charge is 0.495 e. The fourth-order valence-electron chi connectivity index (χ4n) is 3.54. The van der Waals surface area contributed by atoms with Gasteiger partial charge in [-0.15, -0.1) is 0 Å². The molecule has 1 aliphatic carbocycles. The molecule has 4 rings (SSSR count). The SMILES string of the molecule is COc1ccccc1NC(=O)c1ccccc1NS(=O)(=O)C1=Cc2ccccc2CC1. The number of benzene rings is 3. The van der Waals surface area contributed by atoms with Crippen molar-refractivity contribution in [2.45, 2.75) is 12.8 Å². The lowest BCUT2D eigenvalue weighted by Gasteiger charge is -2.18. The summed E-state index contributed by atoms with van der Waals surface area (Å²) in [6, 6.07) is 21.3. The minimum Gasteiger partial charge on any atom is -0.495 e. The molecule has 0 heterocycles. The Kier molecular flexibility index (Phi) is 5.77. The van der Waals surface area contributed by atoms with Crippen molar-refractivity contribution >= 4 is 33.4 Å². The Morgan fingerprint density at radius 1 is 0.871 bits per heavy atom. The molecule has 0 bridgehead atoms. The number of anilines is 2. The van der Waals surface area contributed by atoms with Crippen LogP contribution in [0.5, 0.6) is 5.75 Å². The third-order valence-corrected chi connectivity index (χ3v) is 6.63. The second kappa shape index (κ2) is 8.65. The van der Waals surface area contributed by atoms with Crippen molar-refractivity contribution in [3.05, 3.63) is 94.4 Å². The summed E-state index contributed by atoms with van der Waals surface area (Å²) in [6.07, 6.45) is 2.75. The van der Waals surface area contributed by atoms with E-state index in [4.69, 9.17) is 4.74 Å². The Morgan fingerprint density at radius 2 is 1.55 bits per heavy atom. The van der Waals surface area contributed by atoms with Gasteiger partial charge in [-0.2, -0.15) is 0 Å². The maximum atomic E-state index is 13.1. The molecule has 0 unspecified atom stereocenters. The number of aryl methyl sites for hydroxylation is 1. The molecule has 0 fully saturated rings. The maximum absolute atomic E-state index is 13.1. The van der Waals surface area contributed by atoms with Crippen molar-refractivity contribution in [1.82, 2.24) is 0 Å². The number of sulfonamides is 1. The Hall–Kier alpha value is -3.58. The van der Waals surface area contributed by atoms with E-state index in [-0.39, 0.29) is 11.3 Å². The van der Waals surface area contributed by atoms with Gasteiger partial charge in [0.05, 0.1) is 29.0 Å². The number of nitrogens with one attached hydrogen (secondary N) is 2. The molecule has 0 spiro atoms. The number of hydrogen-bond donors (Lipinski definition) is 2. The Labute approximate surface area is 181 Å². The van der Waals surface area contributed by atoms with Gasteiger partial charge in [0, 0.05) is 0 Å². The topological polar surface area (TPSA) is 84.5 Å². The molecule has 3 aromatic carbocycles. The first kappa shape index (κ1) is 20.7. The molecule has 2 N–H and O–H groups in total. The van der Waals surface area contributed by atoms with Gasteiger partial charge in [0.1, 0.15) is 5.75 Å². The Morgan fingerprint density at radius 3 is 2.35 bits per heavy atom. The summed E-state index contributed by atoms with van der Waals surface area (Å²) in [6.45, 7) is 0. The van der Waals surface area contributed by atoms with E-state index < -0.39 is 15.9 Å². The fraction of sp³-hybridized carbons (Fsp3) is 0.125. The number of hydrogen-bond acceptors (Lipinski definition) is 4. The van der Waals surface area contributed by atoms with Gasteiger partial charge in [0.15, 0.2) is 0 Å². The molecule has 158 valence electrons. The van der Waals surface area contributed by atoms with Crippen LogP contribution in [0.25, 0.3) is 6.08 Å². The van der Waals surface area contributed by atoms with Gasteiger partial charge < -0.3 is 10.1 Å². The van der Waals surface area contributed by atoms with Crippen molar-refractivity contribution in [2.75, 3.05) is 17.1 Å². The van der Waals surface area contributed by atoms with Gasteiger partial charge in [-0.3, -0.25) is 9.52 Å². The second-order valence-corrected chi connectivity index (χ2v) is 8.85. The van der Waals surface area contributed by atoms with Crippen LogP contribution in [-0.4, -0.2) is 21.4 Å². The van der Waals surface area contributed by atoms with Gasteiger partial charge in [-0.05, 0) is 54.3 Å². The molecule has 0 aromatic heterocycles. The lowest BCUT2D eigenvalue weighted by molar-refractivity contribution is 0.102. The van der Waals surface area contributed by atoms with E-state index >= 15 is 0 Å². The smallest absolute Gasteiger partial charge is 0.258 e. The summed E-state index contributed by atoms with van der Waals surface area (Å²) < 4.78 is 34.0. The number of methoxy groups -OCH3 is 1. The maximum Gasteiger partial charge on any atom is 0.258 e. The first-order chi connectivity index (χ1) is 15.0. The molecule has 31 heavy (non-hydrogen) atoms. The van der Waals surface area contributed by atoms with Crippen LogP contribution in [0, 0.1) is 0 Å². The molecule has 7 heteroatoms. The summed E-state index contributed by atoms with van der Waals surface area (Å²) in [4.78, 5) is 13.2. The van der Waals surface area contributed by atoms with Gasteiger partial charge in [-0.25, -0.2) is 8.42 Å². The minimum atomic E-state index is -3.81. The van der Waals surface area contributed by atoms with E-state index in [1.807, 2.05) is 24.3 Å². The molecule has 0 radical (unpaired) electrons. The molecule has 0 saturated heterocycles. The van der Waals surface area contributed by atoms with Gasteiger partial charge in [0.25, 0.3) is 15.9 Å². The first-order valence-corrected chi connectivity index (χ1v) is 11.3. The van der Waals surface area contributed by atoms with Crippen molar-refractivity contribution in [1.29, 1.82) is 0 Å². The lowest BCUT2D eigenvalue weighted by Crippen LogP contribution is -2.21. The molecule has 1 aliphatic rings. The van der Waals surface area contributed by atoms with E-state index in [0.717, 1.165) is 11.1 Å². The van der Waals surface area contributed by atoms with E-state index in [1.54, 1.807) is 54.6 Å².